The molecule has 0 fully saturated rings. The van der Waals surface area contributed by atoms with Crippen molar-refractivity contribution in [2.24, 2.45) is 0 Å². The van der Waals surface area contributed by atoms with Crippen molar-refractivity contribution in [1.82, 2.24) is 4.98 Å². The number of rotatable bonds is 4. The number of aldehydes is 1. The molecule has 2 aromatic rings. The third-order valence-corrected chi connectivity index (χ3v) is 2.60. The zero-order valence-corrected chi connectivity index (χ0v) is 10.2. The average molecular weight is 243 g/mol. The molecule has 0 bridgehead atoms. The second-order valence-electron chi connectivity index (χ2n) is 3.66. The van der Waals surface area contributed by atoms with Gasteiger partial charge in [-0.1, -0.05) is 0 Å². The Labute approximate surface area is 105 Å². The standard InChI is InChI=1S/C14H13NO3/c1-17-13-4-3-11(8-14(13)18-2)12-7-10(9-16)5-6-15-12/h3-9H,1-2H3. The highest BCUT2D eigenvalue weighted by Crippen LogP contribution is 2.31. The molecule has 0 amide bonds. The number of hydrogen-bond donors (Lipinski definition) is 0. The Morgan fingerprint density at radius 3 is 2.50 bits per heavy atom. The van der Waals surface area contributed by atoms with Crippen LogP contribution >= 0.6 is 0 Å². The lowest BCUT2D eigenvalue weighted by atomic mass is 10.1. The number of ether oxygens (including phenoxy) is 2. The molecular formula is C14H13NO3. The maximum atomic E-state index is 10.7. The van der Waals surface area contributed by atoms with Crippen molar-refractivity contribution in [3.63, 3.8) is 0 Å². The van der Waals surface area contributed by atoms with E-state index in [4.69, 9.17) is 9.47 Å². The van der Waals surface area contributed by atoms with Gasteiger partial charge in [0, 0.05) is 17.3 Å². The topological polar surface area (TPSA) is 48.4 Å². The van der Waals surface area contributed by atoms with Crippen LogP contribution in [0.4, 0.5) is 0 Å². The van der Waals surface area contributed by atoms with E-state index in [1.54, 1.807) is 32.5 Å². The molecule has 0 radical (unpaired) electrons. The van der Waals surface area contributed by atoms with Crippen LogP contribution in [0.15, 0.2) is 36.5 Å². The van der Waals surface area contributed by atoms with Gasteiger partial charge in [0.15, 0.2) is 11.5 Å². The van der Waals surface area contributed by atoms with Crippen molar-refractivity contribution >= 4 is 6.29 Å². The van der Waals surface area contributed by atoms with E-state index in [1.807, 2.05) is 18.2 Å². The molecule has 1 aromatic heterocycles. The van der Waals surface area contributed by atoms with Crippen molar-refractivity contribution in [3.05, 3.63) is 42.1 Å². The van der Waals surface area contributed by atoms with Crippen LogP contribution in [0, 0.1) is 0 Å². The Kier molecular flexibility index (Phi) is 3.57. The molecule has 0 aliphatic rings. The summed E-state index contributed by atoms with van der Waals surface area (Å²) in [5.41, 5.74) is 2.19. The summed E-state index contributed by atoms with van der Waals surface area (Å²) in [7, 11) is 3.17. The number of methoxy groups -OCH3 is 2. The lowest BCUT2D eigenvalue weighted by Crippen LogP contribution is -1.92. The highest BCUT2D eigenvalue weighted by molar-refractivity contribution is 5.77. The first-order valence-corrected chi connectivity index (χ1v) is 5.42. The largest absolute Gasteiger partial charge is 0.493 e. The van der Waals surface area contributed by atoms with Crippen LogP contribution < -0.4 is 9.47 Å². The third kappa shape index (κ3) is 2.32. The first-order valence-electron chi connectivity index (χ1n) is 5.42. The van der Waals surface area contributed by atoms with Crippen molar-refractivity contribution in [2.75, 3.05) is 14.2 Å². The molecule has 0 unspecified atom stereocenters. The fourth-order valence-electron chi connectivity index (χ4n) is 1.67. The minimum atomic E-state index is 0.592. The Morgan fingerprint density at radius 1 is 1.06 bits per heavy atom. The summed E-state index contributed by atoms with van der Waals surface area (Å²) in [6.45, 7) is 0. The second kappa shape index (κ2) is 5.31. The van der Waals surface area contributed by atoms with Crippen molar-refractivity contribution in [3.8, 4) is 22.8 Å². The normalized spacial score (nSPS) is 9.89. The zero-order chi connectivity index (χ0) is 13.0. The van der Waals surface area contributed by atoms with Gasteiger partial charge < -0.3 is 9.47 Å². The van der Waals surface area contributed by atoms with Gasteiger partial charge in [-0.05, 0) is 30.3 Å². The molecule has 0 spiro atoms. The summed E-state index contributed by atoms with van der Waals surface area (Å²) in [5.74, 6) is 1.29. The molecule has 0 aliphatic carbocycles. The average Bonchev–Trinajstić information content (AvgIpc) is 2.46. The van der Waals surface area contributed by atoms with Crippen LogP contribution in [0.3, 0.4) is 0 Å². The fourth-order valence-corrected chi connectivity index (χ4v) is 1.67. The highest BCUT2D eigenvalue weighted by Gasteiger charge is 2.07. The second-order valence-corrected chi connectivity index (χ2v) is 3.66. The van der Waals surface area contributed by atoms with Crippen LogP contribution in [0.1, 0.15) is 10.4 Å². The monoisotopic (exact) mass is 243 g/mol. The van der Waals surface area contributed by atoms with Crippen molar-refractivity contribution < 1.29 is 14.3 Å². The molecule has 4 heteroatoms. The minimum absolute atomic E-state index is 0.592. The zero-order valence-electron chi connectivity index (χ0n) is 10.2. The fraction of sp³-hybridized carbons (Fsp3) is 0.143. The van der Waals surface area contributed by atoms with Gasteiger partial charge in [0.2, 0.25) is 0 Å². The lowest BCUT2D eigenvalue weighted by Gasteiger charge is -2.09. The summed E-state index contributed by atoms with van der Waals surface area (Å²) in [6.07, 6.45) is 2.40. The number of aromatic nitrogens is 1. The molecule has 0 N–H and O–H groups in total. The molecule has 2 rings (SSSR count). The van der Waals surface area contributed by atoms with E-state index >= 15 is 0 Å². The van der Waals surface area contributed by atoms with Crippen LogP contribution in [0.5, 0.6) is 11.5 Å². The molecule has 4 nitrogen and oxygen atoms in total. The molecule has 0 saturated carbocycles. The van der Waals surface area contributed by atoms with Gasteiger partial charge in [-0.2, -0.15) is 0 Å². The molecule has 0 atom stereocenters. The predicted octanol–water partition coefficient (Wildman–Crippen LogP) is 2.58. The first-order chi connectivity index (χ1) is 8.78. The van der Waals surface area contributed by atoms with E-state index in [0.29, 0.717) is 17.1 Å². The van der Waals surface area contributed by atoms with Gasteiger partial charge in [-0.15, -0.1) is 0 Å². The Bertz CT molecular complexity index is 567. The van der Waals surface area contributed by atoms with Gasteiger partial charge in [0.25, 0.3) is 0 Å². The van der Waals surface area contributed by atoms with Gasteiger partial charge in [0.05, 0.1) is 19.9 Å². The summed E-state index contributed by atoms with van der Waals surface area (Å²) in [6, 6.07) is 8.91. The van der Waals surface area contributed by atoms with Crippen LogP contribution in [0.25, 0.3) is 11.3 Å². The van der Waals surface area contributed by atoms with E-state index in [9.17, 15) is 4.79 Å². The molecule has 18 heavy (non-hydrogen) atoms. The molecule has 1 aromatic carbocycles. The third-order valence-electron chi connectivity index (χ3n) is 2.60. The van der Waals surface area contributed by atoms with E-state index in [0.717, 1.165) is 17.5 Å². The van der Waals surface area contributed by atoms with Gasteiger partial charge in [-0.25, -0.2) is 0 Å². The van der Waals surface area contributed by atoms with E-state index in [2.05, 4.69) is 4.98 Å². The van der Waals surface area contributed by atoms with E-state index in [-0.39, 0.29) is 0 Å². The molecule has 1 heterocycles. The SMILES string of the molecule is COc1ccc(-c2cc(C=O)ccn2)cc1OC. The summed E-state index contributed by atoms with van der Waals surface area (Å²) >= 11 is 0. The molecule has 0 aliphatic heterocycles. The smallest absolute Gasteiger partial charge is 0.161 e. The quantitative estimate of drug-likeness (QED) is 0.774. The minimum Gasteiger partial charge on any atom is -0.493 e. The first kappa shape index (κ1) is 12.1. The number of carbonyl (C=O) groups excluding carboxylic acids is 1. The van der Waals surface area contributed by atoms with E-state index in [1.165, 1.54) is 0 Å². The van der Waals surface area contributed by atoms with Gasteiger partial charge >= 0.3 is 0 Å². The highest BCUT2D eigenvalue weighted by atomic mass is 16.5. The van der Waals surface area contributed by atoms with Crippen LogP contribution in [-0.4, -0.2) is 25.5 Å². The van der Waals surface area contributed by atoms with Crippen molar-refractivity contribution in [2.45, 2.75) is 0 Å². The number of carbonyl (C=O) groups is 1. The Morgan fingerprint density at radius 2 is 1.83 bits per heavy atom. The number of pyridine rings is 1. The molecular weight excluding hydrogens is 230 g/mol. The maximum Gasteiger partial charge on any atom is 0.161 e. The van der Waals surface area contributed by atoms with Crippen molar-refractivity contribution in [1.29, 1.82) is 0 Å². The number of hydrogen-bond acceptors (Lipinski definition) is 4. The van der Waals surface area contributed by atoms with Crippen LogP contribution in [-0.2, 0) is 0 Å². The summed E-state index contributed by atoms with van der Waals surface area (Å²) < 4.78 is 10.4. The van der Waals surface area contributed by atoms with Gasteiger partial charge in [0.1, 0.15) is 6.29 Å². The number of benzene rings is 1. The predicted molar refractivity (Wildman–Crippen MR) is 68.2 cm³/mol. The molecule has 92 valence electrons. The molecule has 0 saturated heterocycles. The maximum absolute atomic E-state index is 10.7. The van der Waals surface area contributed by atoms with Crippen LogP contribution in [0.2, 0.25) is 0 Å². The summed E-state index contributed by atoms with van der Waals surface area (Å²) in [4.78, 5) is 15.0. The Balaban J connectivity index is 2.47. The lowest BCUT2D eigenvalue weighted by molar-refractivity contribution is 0.112. The Hall–Kier alpha value is -2.36. The van der Waals surface area contributed by atoms with Gasteiger partial charge in [-0.3, -0.25) is 9.78 Å². The number of nitrogens with zero attached hydrogens (tertiary/aromatic N) is 1. The summed E-state index contributed by atoms with van der Waals surface area (Å²) in [5, 5.41) is 0. The van der Waals surface area contributed by atoms with E-state index < -0.39 is 0 Å².